The number of nitrogens with zero attached hydrogens (tertiary/aromatic N) is 6. The van der Waals surface area contributed by atoms with Crippen LogP contribution in [-0.4, -0.2) is 78.1 Å². The van der Waals surface area contributed by atoms with Crippen LogP contribution in [0.5, 0.6) is 0 Å². The molecule has 2 heterocycles. The highest BCUT2D eigenvalue weighted by atomic mass is 19.1. The normalized spacial score (nSPS) is 15.9. The first-order valence-corrected chi connectivity index (χ1v) is 12.1. The molecule has 2 aromatic rings. The van der Waals surface area contributed by atoms with Crippen LogP contribution in [0, 0.1) is 11.7 Å². The van der Waals surface area contributed by atoms with Gasteiger partial charge < -0.3 is 20.9 Å². The van der Waals surface area contributed by atoms with E-state index < -0.39 is 5.82 Å². The molecule has 3 rings (SSSR count). The zero-order valence-corrected chi connectivity index (χ0v) is 21.4. The van der Waals surface area contributed by atoms with Crippen LogP contribution in [0.3, 0.4) is 0 Å². The minimum Gasteiger partial charge on any atom is -0.398 e. The van der Waals surface area contributed by atoms with E-state index in [1.807, 2.05) is 33.1 Å². The number of aromatic nitrogens is 2. The summed E-state index contributed by atoms with van der Waals surface area (Å²) in [6.45, 7) is 13.8. The Labute approximate surface area is 207 Å². The fourth-order valence-corrected chi connectivity index (χ4v) is 4.19. The zero-order valence-electron chi connectivity index (χ0n) is 21.4. The summed E-state index contributed by atoms with van der Waals surface area (Å²) in [5.74, 6) is -0.0130. The Morgan fingerprint density at radius 3 is 2.63 bits per heavy atom. The Morgan fingerprint density at radius 2 is 2.00 bits per heavy atom. The Bertz CT molecular complexity index is 1080. The highest BCUT2D eigenvalue weighted by Crippen LogP contribution is 2.27. The molecular formula is C26H37FN8. The summed E-state index contributed by atoms with van der Waals surface area (Å²) in [6.07, 6.45) is 5.11. The Kier molecular flexibility index (Phi) is 9.31. The van der Waals surface area contributed by atoms with Gasteiger partial charge in [-0.3, -0.25) is 9.98 Å². The van der Waals surface area contributed by atoms with Crippen molar-refractivity contribution in [1.82, 2.24) is 19.8 Å². The number of allylic oxidation sites excluding steroid dienone is 2. The van der Waals surface area contributed by atoms with Crippen molar-refractivity contribution in [2.24, 2.45) is 15.9 Å². The Morgan fingerprint density at radius 1 is 1.26 bits per heavy atom. The van der Waals surface area contributed by atoms with Crippen molar-refractivity contribution in [3.8, 4) is 11.3 Å². The standard InChI is InChI=1S/C26H37FN8/c1-6-20(35-12-10-34(7-2)11-13-35)15-30-17-32-26-31-16-22(27)25(33-26)19-8-9-23(28)21(14-19)24(29-5)18(3)4/h6,8-9,14-16,18H,7,10-13,17,28H2,1-5H3,(H,31,32,33)/b20-6+,29-24?,30-15?. The second-order valence-corrected chi connectivity index (χ2v) is 8.74. The summed E-state index contributed by atoms with van der Waals surface area (Å²) in [4.78, 5) is 22.1. The second-order valence-electron chi connectivity index (χ2n) is 8.74. The first-order chi connectivity index (χ1) is 16.9. The lowest BCUT2D eigenvalue weighted by atomic mass is 9.95. The highest BCUT2D eigenvalue weighted by molar-refractivity contribution is 6.06. The van der Waals surface area contributed by atoms with E-state index in [4.69, 9.17) is 5.73 Å². The topological polar surface area (TPSA) is 95.0 Å². The highest BCUT2D eigenvalue weighted by Gasteiger charge is 2.17. The van der Waals surface area contributed by atoms with E-state index in [0.29, 0.717) is 17.2 Å². The number of halogens is 1. The number of nitrogens with one attached hydrogen (secondary N) is 1. The number of piperazine rings is 1. The van der Waals surface area contributed by atoms with E-state index in [1.54, 1.807) is 19.2 Å². The Balaban J connectivity index is 1.70. The summed E-state index contributed by atoms with van der Waals surface area (Å²) in [6, 6.07) is 5.36. The molecule has 0 spiro atoms. The Hall–Kier alpha value is -3.33. The van der Waals surface area contributed by atoms with Crippen LogP contribution in [-0.2, 0) is 0 Å². The molecule has 0 atom stereocenters. The number of benzene rings is 1. The molecule has 0 radical (unpaired) electrons. The average Bonchev–Trinajstić information content (AvgIpc) is 2.86. The molecule has 1 saturated heterocycles. The van der Waals surface area contributed by atoms with Gasteiger partial charge in [0, 0.05) is 62.0 Å². The molecule has 3 N–H and O–H groups in total. The van der Waals surface area contributed by atoms with Gasteiger partial charge in [0.15, 0.2) is 5.82 Å². The number of hydrogen-bond donors (Lipinski definition) is 2. The molecular weight excluding hydrogens is 443 g/mol. The van der Waals surface area contributed by atoms with E-state index in [0.717, 1.165) is 49.7 Å². The van der Waals surface area contributed by atoms with Gasteiger partial charge in [-0.2, -0.15) is 0 Å². The van der Waals surface area contributed by atoms with Gasteiger partial charge in [-0.05, 0) is 31.5 Å². The van der Waals surface area contributed by atoms with Gasteiger partial charge in [-0.25, -0.2) is 14.4 Å². The van der Waals surface area contributed by atoms with Gasteiger partial charge in [0.05, 0.1) is 11.9 Å². The van der Waals surface area contributed by atoms with Crippen LogP contribution in [0.2, 0.25) is 0 Å². The van der Waals surface area contributed by atoms with Crippen LogP contribution < -0.4 is 11.1 Å². The molecule has 0 unspecified atom stereocenters. The first kappa shape index (κ1) is 26.3. The van der Waals surface area contributed by atoms with Crippen LogP contribution in [0.4, 0.5) is 16.0 Å². The predicted molar refractivity (Wildman–Crippen MR) is 144 cm³/mol. The van der Waals surface area contributed by atoms with Crippen LogP contribution in [0.25, 0.3) is 11.3 Å². The molecule has 1 fully saturated rings. The molecule has 8 nitrogen and oxygen atoms in total. The second kappa shape index (κ2) is 12.4. The monoisotopic (exact) mass is 480 g/mol. The third-order valence-electron chi connectivity index (χ3n) is 6.17. The average molecular weight is 481 g/mol. The molecule has 1 aromatic carbocycles. The lowest BCUT2D eigenvalue weighted by Gasteiger charge is -2.35. The molecule has 1 aliphatic rings. The molecule has 0 saturated carbocycles. The predicted octanol–water partition coefficient (Wildman–Crippen LogP) is 3.92. The van der Waals surface area contributed by atoms with Gasteiger partial charge >= 0.3 is 0 Å². The van der Waals surface area contributed by atoms with Crippen molar-refractivity contribution in [2.45, 2.75) is 27.7 Å². The SMILES string of the molecule is C/C=C(\C=NCNc1ncc(F)c(-c2ccc(N)c(C(=NC)C(C)C)c2)n1)N1CCN(CC)CC1. The maximum Gasteiger partial charge on any atom is 0.224 e. The van der Waals surface area contributed by atoms with Crippen molar-refractivity contribution in [1.29, 1.82) is 0 Å². The molecule has 1 aromatic heterocycles. The van der Waals surface area contributed by atoms with Gasteiger partial charge in [0.25, 0.3) is 0 Å². The molecule has 188 valence electrons. The smallest absolute Gasteiger partial charge is 0.224 e. The third kappa shape index (κ3) is 6.63. The number of nitrogen functional groups attached to an aromatic ring is 1. The quantitative estimate of drug-likeness (QED) is 0.417. The van der Waals surface area contributed by atoms with Crippen LogP contribution in [0.15, 0.2) is 46.2 Å². The number of aliphatic imine (C=N–C) groups is 2. The summed E-state index contributed by atoms with van der Waals surface area (Å²) in [7, 11) is 1.74. The summed E-state index contributed by atoms with van der Waals surface area (Å²) in [5.41, 5.74) is 10.4. The van der Waals surface area contributed by atoms with E-state index in [2.05, 4.69) is 48.1 Å². The number of likely N-dealkylation sites (N-methyl/N-ethyl adjacent to an activating group) is 1. The molecule has 0 bridgehead atoms. The summed E-state index contributed by atoms with van der Waals surface area (Å²) < 4.78 is 14.7. The summed E-state index contributed by atoms with van der Waals surface area (Å²) >= 11 is 0. The fourth-order valence-electron chi connectivity index (χ4n) is 4.19. The third-order valence-corrected chi connectivity index (χ3v) is 6.17. The van der Waals surface area contributed by atoms with E-state index in [1.165, 1.54) is 6.20 Å². The first-order valence-electron chi connectivity index (χ1n) is 12.1. The molecule has 9 heteroatoms. The number of nitrogens with two attached hydrogens (primary N) is 1. The van der Waals surface area contributed by atoms with Crippen molar-refractivity contribution in [3.05, 3.63) is 47.5 Å². The van der Waals surface area contributed by atoms with E-state index in [-0.39, 0.29) is 18.3 Å². The minimum absolute atomic E-state index is 0.181. The fraction of sp³-hybridized carbons (Fsp3) is 0.462. The van der Waals surface area contributed by atoms with Gasteiger partial charge in [-0.15, -0.1) is 0 Å². The van der Waals surface area contributed by atoms with E-state index >= 15 is 0 Å². The molecule has 35 heavy (non-hydrogen) atoms. The summed E-state index contributed by atoms with van der Waals surface area (Å²) in [5, 5.41) is 3.07. The van der Waals surface area contributed by atoms with E-state index in [9.17, 15) is 4.39 Å². The molecule has 1 aliphatic heterocycles. The largest absolute Gasteiger partial charge is 0.398 e. The van der Waals surface area contributed by atoms with Crippen molar-refractivity contribution in [2.75, 3.05) is 57.5 Å². The lowest BCUT2D eigenvalue weighted by molar-refractivity contribution is 0.170. The zero-order chi connectivity index (χ0) is 25.4. The van der Waals surface area contributed by atoms with Gasteiger partial charge in [0.2, 0.25) is 5.95 Å². The molecule has 0 amide bonds. The number of anilines is 2. The minimum atomic E-state index is -0.503. The van der Waals surface area contributed by atoms with Crippen LogP contribution in [0.1, 0.15) is 33.3 Å². The van der Waals surface area contributed by atoms with Gasteiger partial charge in [0.1, 0.15) is 12.4 Å². The van der Waals surface area contributed by atoms with Crippen molar-refractivity contribution < 1.29 is 4.39 Å². The maximum absolute atomic E-state index is 14.7. The van der Waals surface area contributed by atoms with Crippen molar-refractivity contribution >= 4 is 23.6 Å². The number of hydrogen-bond acceptors (Lipinski definition) is 8. The number of rotatable bonds is 9. The van der Waals surface area contributed by atoms with Crippen LogP contribution >= 0.6 is 0 Å². The lowest BCUT2D eigenvalue weighted by Crippen LogP contribution is -2.45. The maximum atomic E-state index is 14.7. The van der Waals surface area contributed by atoms with Crippen molar-refractivity contribution in [3.63, 3.8) is 0 Å². The van der Waals surface area contributed by atoms with Gasteiger partial charge in [-0.1, -0.05) is 32.9 Å². The molecule has 0 aliphatic carbocycles.